The number of rotatable bonds is 6. The van der Waals surface area contributed by atoms with Gasteiger partial charge in [-0.1, -0.05) is 42.5 Å². The van der Waals surface area contributed by atoms with Crippen LogP contribution in [-0.2, 0) is 11.3 Å². The maximum Gasteiger partial charge on any atom is 0.277 e. The number of fused-ring (bicyclic) bond motifs is 2. The van der Waals surface area contributed by atoms with Gasteiger partial charge in [-0.05, 0) is 61.3 Å². The van der Waals surface area contributed by atoms with Crippen LogP contribution >= 0.6 is 0 Å². The SMILES string of the molecule is CN[C@@H](C)C(=O)N=c1ccc2ccccc2n(Cc2c(OC)ccc3c(C(C)=O)cccc23)c1=O. The molecule has 3 aromatic carbocycles. The molecule has 0 spiro atoms. The molecule has 0 unspecified atom stereocenters. The number of methoxy groups -OCH3 is 1. The quantitative estimate of drug-likeness (QED) is 0.437. The third-order valence-electron chi connectivity index (χ3n) is 6.19. The van der Waals surface area contributed by atoms with E-state index in [4.69, 9.17) is 4.74 Å². The highest BCUT2D eigenvalue weighted by molar-refractivity contribution is 6.08. The van der Waals surface area contributed by atoms with Gasteiger partial charge in [0.15, 0.2) is 5.78 Å². The van der Waals surface area contributed by atoms with Crippen molar-refractivity contribution in [2.75, 3.05) is 14.2 Å². The van der Waals surface area contributed by atoms with Gasteiger partial charge in [-0.25, -0.2) is 4.99 Å². The van der Waals surface area contributed by atoms with E-state index in [0.29, 0.717) is 16.8 Å². The zero-order valence-electron chi connectivity index (χ0n) is 20.2. The summed E-state index contributed by atoms with van der Waals surface area (Å²) in [5.74, 6) is 0.123. The van der Waals surface area contributed by atoms with Gasteiger partial charge in [0.05, 0.1) is 25.2 Å². The molecule has 0 aliphatic rings. The number of carbonyl (C=O) groups excluding carboxylic acids is 2. The van der Waals surface area contributed by atoms with E-state index < -0.39 is 17.5 Å². The van der Waals surface area contributed by atoms with Crippen molar-refractivity contribution in [3.8, 4) is 5.75 Å². The first-order chi connectivity index (χ1) is 16.8. The Balaban J connectivity index is 2.05. The van der Waals surface area contributed by atoms with Gasteiger partial charge in [-0.2, -0.15) is 0 Å². The first kappa shape index (κ1) is 24.0. The molecule has 1 atom stereocenters. The summed E-state index contributed by atoms with van der Waals surface area (Å²) in [7, 11) is 3.24. The topological polar surface area (TPSA) is 89.8 Å². The van der Waals surface area contributed by atoms with Crippen LogP contribution in [0.5, 0.6) is 5.75 Å². The second-order valence-electron chi connectivity index (χ2n) is 8.33. The van der Waals surface area contributed by atoms with Gasteiger partial charge in [0.1, 0.15) is 11.1 Å². The minimum atomic E-state index is -0.522. The maximum absolute atomic E-state index is 13.7. The molecule has 178 valence electrons. The summed E-state index contributed by atoms with van der Waals surface area (Å²) in [6.07, 6.45) is 0. The fourth-order valence-corrected chi connectivity index (χ4v) is 4.16. The molecule has 0 saturated carbocycles. The minimum absolute atomic E-state index is 0.0429. The zero-order chi connectivity index (χ0) is 25.1. The van der Waals surface area contributed by atoms with Crippen LogP contribution < -0.4 is 21.0 Å². The van der Waals surface area contributed by atoms with Gasteiger partial charge in [-0.15, -0.1) is 0 Å². The molecule has 35 heavy (non-hydrogen) atoms. The largest absolute Gasteiger partial charge is 0.496 e. The third-order valence-corrected chi connectivity index (χ3v) is 6.19. The molecule has 7 heteroatoms. The average molecular weight is 470 g/mol. The summed E-state index contributed by atoms with van der Waals surface area (Å²) in [5, 5.41) is 5.33. The molecule has 1 amide bonds. The van der Waals surface area contributed by atoms with Gasteiger partial charge in [0, 0.05) is 11.1 Å². The van der Waals surface area contributed by atoms with E-state index in [-0.39, 0.29) is 17.7 Å². The Bertz CT molecular complexity index is 1590. The number of Topliss-reactive ketones (excluding diaryl/α,β-unsaturated/α-hetero) is 1. The number of ketones is 1. The van der Waals surface area contributed by atoms with E-state index in [1.807, 2.05) is 48.5 Å². The minimum Gasteiger partial charge on any atom is -0.496 e. The van der Waals surface area contributed by atoms with Gasteiger partial charge in [-0.3, -0.25) is 14.4 Å². The predicted octanol–water partition coefficient (Wildman–Crippen LogP) is 3.45. The van der Waals surface area contributed by atoms with Crippen molar-refractivity contribution in [3.05, 3.63) is 93.6 Å². The van der Waals surface area contributed by atoms with Crippen molar-refractivity contribution >= 4 is 33.4 Å². The number of hydrogen-bond donors (Lipinski definition) is 1. The summed E-state index contributed by atoms with van der Waals surface area (Å²) >= 11 is 0. The Morgan fingerprint density at radius 2 is 1.77 bits per heavy atom. The lowest BCUT2D eigenvalue weighted by molar-refractivity contribution is -0.119. The van der Waals surface area contributed by atoms with E-state index in [0.717, 1.165) is 21.7 Å². The Morgan fingerprint density at radius 1 is 1.00 bits per heavy atom. The van der Waals surface area contributed by atoms with Crippen LogP contribution in [0, 0.1) is 0 Å². The molecule has 1 N–H and O–H groups in total. The Kier molecular flexibility index (Phi) is 6.89. The van der Waals surface area contributed by atoms with E-state index >= 15 is 0 Å². The molecular weight excluding hydrogens is 442 g/mol. The smallest absolute Gasteiger partial charge is 0.277 e. The summed E-state index contributed by atoms with van der Waals surface area (Å²) in [5.41, 5.74) is 1.65. The number of benzene rings is 3. The Hall–Kier alpha value is -4.10. The number of hydrogen-bond acceptors (Lipinski definition) is 5. The molecule has 0 bridgehead atoms. The molecule has 0 aliphatic carbocycles. The van der Waals surface area contributed by atoms with Crippen LogP contribution in [0.2, 0.25) is 0 Å². The molecular formula is C28H27N3O4. The second kappa shape index (κ2) is 10.0. The number of nitrogens with one attached hydrogen (secondary N) is 1. The number of nitrogens with zero attached hydrogens (tertiary/aromatic N) is 2. The molecule has 4 aromatic rings. The van der Waals surface area contributed by atoms with Crippen molar-refractivity contribution < 1.29 is 14.3 Å². The van der Waals surface area contributed by atoms with Crippen LogP contribution in [0.15, 0.2) is 76.5 Å². The van der Waals surface area contributed by atoms with Crippen LogP contribution in [0.4, 0.5) is 0 Å². The van der Waals surface area contributed by atoms with Crippen molar-refractivity contribution in [2.45, 2.75) is 26.4 Å². The highest BCUT2D eigenvalue weighted by Gasteiger charge is 2.16. The lowest BCUT2D eigenvalue weighted by Crippen LogP contribution is -2.36. The summed E-state index contributed by atoms with van der Waals surface area (Å²) in [4.78, 5) is 42.6. The molecule has 0 fully saturated rings. The van der Waals surface area contributed by atoms with Crippen molar-refractivity contribution in [1.82, 2.24) is 9.88 Å². The van der Waals surface area contributed by atoms with Gasteiger partial charge < -0.3 is 14.6 Å². The van der Waals surface area contributed by atoms with E-state index in [9.17, 15) is 14.4 Å². The summed E-state index contributed by atoms with van der Waals surface area (Å²) in [6.45, 7) is 3.39. The average Bonchev–Trinajstić information content (AvgIpc) is 3.00. The first-order valence-electron chi connectivity index (χ1n) is 11.3. The third kappa shape index (κ3) is 4.63. The van der Waals surface area contributed by atoms with E-state index in [2.05, 4.69) is 10.3 Å². The lowest BCUT2D eigenvalue weighted by atomic mass is 9.97. The van der Waals surface area contributed by atoms with E-state index in [1.54, 1.807) is 43.8 Å². The van der Waals surface area contributed by atoms with Crippen molar-refractivity contribution in [1.29, 1.82) is 0 Å². The molecule has 0 aliphatic heterocycles. The standard InChI is InChI=1S/C28H27N3O4/c1-17(29-3)27(33)30-24-14-12-19-8-5-6-11-25(19)31(28(24)34)16-23-21-10-7-9-20(18(2)32)22(21)13-15-26(23)35-4/h5-15,17,29H,16H2,1-4H3/t17-/m0/s1. The Labute approximate surface area is 202 Å². The van der Waals surface area contributed by atoms with Crippen LogP contribution in [0.25, 0.3) is 21.7 Å². The van der Waals surface area contributed by atoms with Gasteiger partial charge in [0.2, 0.25) is 0 Å². The van der Waals surface area contributed by atoms with Gasteiger partial charge in [0.25, 0.3) is 11.5 Å². The molecule has 4 rings (SSSR count). The predicted molar refractivity (Wildman–Crippen MR) is 137 cm³/mol. The first-order valence-corrected chi connectivity index (χ1v) is 11.3. The number of amides is 1. The molecule has 7 nitrogen and oxygen atoms in total. The van der Waals surface area contributed by atoms with Crippen molar-refractivity contribution in [2.24, 2.45) is 4.99 Å². The molecule has 1 heterocycles. The normalized spacial score (nSPS) is 12.6. The Morgan fingerprint density at radius 3 is 2.49 bits per heavy atom. The highest BCUT2D eigenvalue weighted by atomic mass is 16.5. The fourth-order valence-electron chi connectivity index (χ4n) is 4.16. The van der Waals surface area contributed by atoms with Crippen LogP contribution in [0.1, 0.15) is 29.8 Å². The fraction of sp³-hybridized carbons (Fsp3) is 0.214. The number of para-hydroxylation sites is 1. The van der Waals surface area contributed by atoms with Gasteiger partial charge >= 0.3 is 0 Å². The molecule has 0 radical (unpaired) electrons. The lowest BCUT2D eigenvalue weighted by Gasteiger charge is -2.15. The summed E-state index contributed by atoms with van der Waals surface area (Å²) in [6, 6.07) is 19.6. The number of ether oxygens (including phenoxy) is 1. The number of aromatic nitrogens is 1. The number of likely N-dealkylation sites (N-methyl/N-ethyl adjacent to an activating group) is 1. The molecule has 1 aromatic heterocycles. The van der Waals surface area contributed by atoms with Crippen molar-refractivity contribution in [3.63, 3.8) is 0 Å². The van der Waals surface area contributed by atoms with E-state index in [1.165, 1.54) is 6.92 Å². The van der Waals surface area contributed by atoms with Crippen LogP contribution in [0.3, 0.4) is 0 Å². The maximum atomic E-state index is 13.7. The molecule has 0 saturated heterocycles. The van der Waals surface area contributed by atoms with Crippen LogP contribution in [-0.4, -0.2) is 36.5 Å². The highest BCUT2D eigenvalue weighted by Crippen LogP contribution is 2.31. The number of carbonyl (C=O) groups is 2. The summed E-state index contributed by atoms with van der Waals surface area (Å²) < 4.78 is 7.26. The second-order valence-corrected chi connectivity index (χ2v) is 8.33. The zero-order valence-corrected chi connectivity index (χ0v) is 20.2. The monoisotopic (exact) mass is 469 g/mol.